The zero-order chi connectivity index (χ0) is 59.2. The van der Waals surface area contributed by atoms with Gasteiger partial charge in [-0.15, -0.1) is 0 Å². The van der Waals surface area contributed by atoms with Crippen molar-refractivity contribution < 1.29 is 28.6 Å². The highest BCUT2D eigenvalue weighted by Crippen LogP contribution is 2.19. The van der Waals surface area contributed by atoms with E-state index in [9.17, 15) is 14.4 Å². The van der Waals surface area contributed by atoms with Crippen LogP contribution in [-0.4, -0.2) is 37.2 Å². The fourth-order valence-corrected chi connectivity index (χ4v) is 11.0. The molecule has 0 heterocycles. The third kappa shape index (κ3) is 68.2. The molecule has 0 aromatic heterocycles. The van der Waals surface area contributed by atoms with Gasteiger partial charge in [0.25, 0.3) is 0 Å². The molecule has 0 aromatic carbocycles. The van der Waals surface area contributed by atoms with Crippen molar-refractivity contribution in [1.82, 2.24) is 0 Å². The van der Waals surface area contributed by atoms with Crippen LogP contribution in [0.2, 0.25) is 0 Å². The molecule has 6 nitrogen and oxygen atoms in total. The van der Waals surface area contributed by atoms with E-state index in [1.165, 1.54) is 270 Å². The van der Waals surface area contributed by atoms with Crippen molar-refractivity contribution in [1.29, 1.82) is 0 Å². The second-order valence-corrected chi connectivity index (χ2v) is 24.9. The monoisotopic (exact) mass is 1150 g/mol. The lowest BCUT2D eigenvalue weighted by atomic mass is 10.0. The van der Waals surface area contributed by atoms with E-state index in [1.807, 2.05) is 0 Å². The first-order valence-corrected chi connectivity index (χ1v) is 36.6. The number of hydrogen-bond acceptors (Lipinski definition) is 6. The van der Waals surface area contributed by atoms with Gasteiger partial charge in [0.15, 0.2) is 6.10 Å². The summed E-state index contributed by atoms with van der Waals surface area (Å²) in [4.78, 5) is 38.4. The lowest BCUT2D eigenvalue weighted by molar-refractivity contribution is -0.167. The molecule has 0 saturated heterocycles. The zero-order valence-corrected chi connectivity index (χ0v) is 55.3. The lowest BCUT2D eigenvalue weighted by Gasteiger charge is -2.18. The van der Waals surface area contributed by atoms with Crippen LogP contribution in [0.3, 0.4) is 0 Å². The molecule has 0 aliphatic heterocycles. The number of unbranched alkanes of at least 4 members (excludes halogenated alkanes) is 49. The maximum absolute atomic E-state index is 12.9. The highest BCUT2D eigenvalue weighted by molar-refractivity contribution is 5.71. The molecule has 0 spiro atoms. The van der Waals surface area contributed by atoms with Gasteiger partial charge in [-0.1, -0.05) is 352 Å². The van der Waals surface area contributed by atoms with Crippen molar-refractivity contribution in [3.63, 3.8) is 0 Å². The van der Waals surface area contributed by atoms with Crippen molar-refractivity contribution in [2.75, 3.05) is 13.2 Å². The topological polar surface area (TPSA) is 78.9 Å². The molecular formula is C76H140O6. The third-order valence-corrected chi connectivity index (χ3v) is 16.6. The second-order valence-electron chi connectivity index (χ2n) is 24.9. The quantitative estimate of drug-likeness (QED) is 0.0261. The number of hydrogen-bond donors (Lipinski definition) is 0. The summed E-state index contributed by atoms with van der Waals surface area (Å²) in [6.07, 6.45) is 90.2. The average Bonchev–Trinajstić information content (AvgIpc) is 3.48. The van der Waals surface area contributed by atoms with Crippen LogP contribution in [0.25, 0.3) is 0 Å². The van der Waals surface area contributed by atoms with Crippen LogP contribution in [0.4, 0.5) is 0 Å². The Kier molecular flexibility index (Phi) is 68.6. The van der Waals surface area contributed by atoms with Crippen molar-refractivity contribution in [2.45, 2.75) is 406 Å². The number of rotatable bonds is 68. The summed E-state index contributed by atoms with van der Waals surface area (Å²) in [5, 5.41) is 0. The smallest absolute Gasteiger partial charge is 0.306 e. The number of ether oxygens (including phenoxy) is 3. The summed E-state index contributed by atoms with van der Waals surface area (Å²) in [6, 6.07) is 0. The summed E-state index contributed by atoms with van der Waals surface area (Å²) >= 11 is 0. The van der Waals surface area contributed by atoms with Crippen molar-refractivity contribution >= 4 is 17.9 Å². The molecule has 0 rings (SSSR count). The van der Waals surface area contributed by atoms with Gasteiger partial charge in [-0.05, 0) is 77.0 Å². The SMILES string of the molecule is CCCC/C=C\C/C=C\CCCCCCCC(=O)OCC(COC(=O)CCCCCCCCCCCCCCCCCCCCCCCCCCCCCCCCCC)OC(=O)CCCCCCCCC/C=C\C/C=C\CCCCCC. The molecule has 0 saturated carbocycles. The Balaban J connectivity index is 4.15. The lowest BCUT2D eigenvalue weighted by Crippen LogP contribution is -2.30. The molecule has 0 aliphatic rings. The molecule has 0 fully saturated rings. The third-order valence-electron chi connectivity index (χ3n) is 16.6. The Morgan fingerprint density at radius 3 is 0.720 bits per heavy atom. The minimum atomic E-state index is -0.783. The molecule has 0 aromatic rings. The van der Waals surface area contributed by atoms with Crippen LogP contribution in [0.1, 0.15) is 400 Å². The molecule has 0 aliphatic carbocycles. The van der Waals surface area contributed by atoms with Gasteiger partial charge in [-0.25, -0.2) is 0 Å². The van der Waals surface area contributed by atoms with E-state index in [4.69, 9.17) is 14.2 Å². The Hall–Kier alpha value is -2.63. The van der Waals surface area contributed by atoms with Gasteiger partial charge in [0.05, 0.1) is 0 Å². The molecule has 1 unspecified atom stereocenters. The van der Waals surface area contributed by atoms with E-state index in [0.29, 0.717) is 19.3 Å². The van der Waals surface area contributed by atoms with E-state index >= 15 is 0 Å². The van der Waals surface area contributed by atoms with Crippen LogP contribution < -0.4 is 0 Å². The van der Waals surface area contributed by atoms with Crippen molar-refractivity contribution in [3.05, 3.63) is 48.6 Å². The van der Waals surface area contributed by atoms with E-state index in [-0.39, 0.29) is 31.1 Å². The molecule has 1 atom stereocenters. The first-order chi connectivity index (χ1) is 40.5. The summed E-state index contributed by atoms with van der Waals surface area (Å²) < 4.78 is 17.0. The van der Waals surface area contributed by atoms with Gasteiger partial charge < -0.3 is 14.2 Å². The first-order valence-electron chi connectivity index (χ1n) is 36.6. The minimum absolute atomic E-state index is 0.0773. The normalized spacial score (nSPS) is 12.3. The highest BCUT2D eigenvalue weighted by Gasteiger charge is 2.19. The summed E-state index contributed by atoms with van der Waals surface area (Å²) in [5.74, 6) is -0.875. The largest absolute Gasteiger partial charge is 0.462 e. The second kappa shape index (κ2) is 70.9. The fourth-order valence-electron chi connectivity index (χ4n) is 11.0. The fraction of sp³-hybridized carbons (Fsp3) is 0.855. The van der Waals surface area contributed by atoms with Crippen LogP contribution in [0.15, 0.2) is 48.6 Å². The van der Waals surface area contributed by atoms with Gasteiger partial charge in [0, 0.05) is 19.3 Å². The summed E-state index contributed by atoms with van der Waals surface area (Å²) in [7, 11) is 0. The predicted molar refractivity (Wildman–Crippen MR) is 358 cm³/mol. The molecule has 480 valence electrons. The highest BCUT2D eigenvalue weighted by atomic mass is 16.6. The molecule has 82 heavy (non-hydrogen) atoms. The van der Waals surface area contributed by atoms with Gasteiger partial charge in [0.2, 0.25) is 0 Å². The standard InChI is InChI=1S/C76H140O6/c1-4-7-10-13-16-19-22-25-28-30-32-33-34-35-36-37-38-39-40-41-42-43-44-45-47-48-51-54-57-60-63-66-69-75(78)81-72-73(71-80-74(77)68-65-62-59-56-53-50-27-24-21-18-15-12-9-6-3)82-76(79)70-67-64-61-58-55-52-49-46-31-29-26-23-20-17-14-11-8-5-2/h15,18,20,23-24,27,29,31,73H,4-14,16-17,19,21-22,25-26,28,30,32-72H2,1-3H3/b18-15-,23-20-,27-24-,31-29-. The molecule has 6 heteroatoms. The molecule has 0 N–H and O–H groups in total. The summed E-state index contributed by atoms with van der Waals surface area (Å²) in [6.45, 7) is 6.63. The number of allylic oxidation sites excluding steroid dienone is 8. The average molecular weight is 1150 g/mol. The number of esters is 3. The van der Waals surface area contributed by atoms with Crippen molar-refractivity contribution in [2.24, 2.45) is 0 Å². The van der Waals surface area contributed by atoms with Crippen LogP contribution in [-0.2, 0) is 28.6 Å². The Morgan fingerprint density at radius 2 is 0.451 bits per heavy atom. The zero-order valence-electron chi connectivity index (χ0n) is 55.3. The van der Waals surface area contributed by atoms with Crippen LogP contribution >= 0.6 is 0 Å². The van der Waals surface area contributed by atoms with E-state index in [1.54, 1.807) is 0 Å². The molecule has 0 amide bonds. The molecular weight excluding hydrogens is 1010 g/mol. The first kappa shape index (κ1) is 79.4. The Labute approximate surface area is 511 Å². The minimum Gasteiger partial charge on any atom is -0.462 e. The van der Waals surface area contributed by atoms with Crippen LogP contribution in [0.5, 0.6) is 0 Å². The maximum Gasteiger partial charge on any atom is 0.306 e. The maximum atomic E-state index is 12.9. The molecule has 0 radical (unpaired) electrons. The van der Waals surface area contributed by atoms with Gasteiger partial charge in [-0.3, -0.25) is 14.4 Å². The predicted octanol–water partition coefficient (Wildman–Crippen LogP) is 25.3. The number of carbonyl (C=O) groups is 3. The van der Waals surface area contributed by atoms with Gasteiger partial charge in [0.1, 0.15) is 13.2 Å². The number of carbonyl (C=O) groups excluding carboxylic acids is 3. The van der Waals surface area contributed by atoms with Crippen molar-refractivity contribution in [3.8, 4) is 0 Å². The van der Waals surface area contributed by atoms with Gasteiger partial charge in [-0.2, -0.15) is 0 Å². The van der Waals surface area contributed by atoms with Crippen LogP contribution in [0, 0.1) is 0 Å². The Morgan fingerprint density at radius 1 is 0.244 bits per heavy atom. The molecule has 0 bridgehead atoms. The van der Waals surface area contributed by atoms with E-state index in [0.717, 1.165) is 89.9 Å². The Bertz CT molecular complexity index is 1410. The van der Waals surface area contributed by atoms with E-state index < -0.39 is 6.10 Å². The van der Waals surface area contributed by atoms with Gasteiger partial charge >= 0.3 is 17.9 Å². The summed E-state index contributed by atoms with van der Waals surface area (Å²) in [5.41, 5.74) is 0. The van der Waals surface area contributed by atoms with E-state index in [2.05, 4.69) is 69.4 Å².